The number of nitrogens with zero attached hydrogens (tertiary/aromatic N) is 5. The lowest BCUT2D eigenvalue weighted by molar-refractivity contribution is -0.145. The van der Waals surface area contributed by atoms with Crippen LogP contribution in [0.1, 0.15) is 58.3 Å². The van der Waals surface area contributed by atoms with Gasteiger partial charge in [0, 0.05) is 17.1 Å². The van der Waals surface area contributed by atoms with Gasteiger partial charge in [0.15, 0.2) is 17.5 Å². The highest BCUT2D eigenvalue weighted by molar-refractivity contribution is 5.88. The van der Waals surface area contributed by atoms with Crippen LogP contribution in [0.15, 0.2) is 41.0 Å². The Labute approximate surface area is 216 Å². The van der Waals surface area contributed by atoms with Gasteiger partial charge in [0.05, 0.1) is 20.5 Å². The number of hydrogen-bond donors (Lipinski definition) is 1. The van der Waals surface area contributed by atoms with Crippen molar-refractivity contribution in [2.45, 2.75) is 70.6 Å². The molecule has 1 aliphatic carbocycles. The summed E-state index contributed by atoms with van der Waals surface area (Å²) in [6.45, 7) is 5.54. The molecule has 4 rings (SSSR count). The molecule has 1 saturated carbocycles. The first kappa shape index (κ1) is 26.2. The third-order valence-corrected chi connectivity index (χ3v) is 6.21. The Kier molecular flexibility index (Phi) is 7.80. The van der Waals surface area contributed by atoms with Crippen LogP contribution in [0.3, 0.4) is 0 Å². The Hall–Kier alpha value is -3.89. The van der Waals surface area contributed by atoms with Crippen LogP contribution >= 0.6 is 0 Å². The first-order chi connectivity index (χ1) is 17.7. The monoisotopic (exact) mass is 510 g/mol. The molecule has 0 aliphatic heterocycles. The largest absolute Gasteiger partial charge is 0.493 e. The molecule has 1 aliphatic rings. The number of methoxy groups -OCH3 is 2. The summed E-state index contributed by atoms with van der Waals surface area (Å²) in [5.74, 6) is 1.30. The molecule has 0 radical (unpaired) electrons. The second kappa shape index (κ2) is 11.0. The second-order valence-electron chi connectivity index (χ2n) is 10.1. The van der Waals surface area contributed by atoms with Gasteiger partial charge in [0.25, 0.3) is 5.91 Å². The topological polar surface area (TPSA) is 125 Å². The third kappa shape index (κ3) is 6.10. The van der Waals surface area contributed by atoms with Crippen LogP contribution in [-0.2, 0) is 16.1 Å². The number of ether oxygens (including phenoxy) is 2. The predicted octanol–water partition coefficient (Wildman–Crippen LogP) is 3.38. The zero-order valence-corrected chi connectivity index (χ0v) is 21.9. The van der Waals surface area contributed by atoms with Gasteiger partial charge in [-0.3, -0.25) is 9.59 Å². The summed E-state index contributed by atoms with van der Waals surface area (Å²) >= 11 is 0. The fraction of sp³-hybridized carbons (Fsp3) is 0.500. The molecule has 0 saturated heterocycles. The van der Waals surface area contributed by atoms with Gasteiger partial charge in [0.1, 0.15) is 12.3 Å². The van der Waals surface area contributed by atoms with Gasteiger partial charge >= 0.3 is 0 Å². The van der Waals surface area contributed by atoms with Crippen molar-refractivity contribution < 1.29 is 23.5 Å². The van der Waals surface area contributed by atoms with Gasteiger partial charge in [0.2, 0.25) is 11.7 Å². The molecule has 37 heavy (non-hydrogen) atoms. The smallest absolute Gasteiger partial charge is 0.251 e. The van der Waals surface area contributed by atoms with Crippen molar-refractivity contribution in [1.29, 1.82) is 0 Å². The Balaban J connectivity index is 1.61. The van der Waals surface area contributed by atoms with E-state index >= 15 is 0 Å². The van der Waals surface area contributed by atoms with Gasteiger partial charge in [-0.15, -0.1) is 10.2 Å². The normalized spacial score (nSPS) is 14.8. The molecule has 3 aromatic rings. The van der Waals surface area contributed by atoms with E-state index in [1.54, 1.807) is 49.5 Å². The molecule has 1 aromatic carbocycles. The van der Waals surface area contributed by atoms with Gasteiger partial charge in [-0.05, 0) is 69.2 Å². The van der Waals surface area contributed by atoms with Gasteiger partial charge in [-0.1, -0.05) is 12.8 Å². The first-order valence-corrected chi connectivity index (χ1v) is 12.4. The van der Waals surface area contributed by atoms with Crippen molar-refractivity contribution in [3.8, 4) is 22.9 Å². The molecule has 11 nitrogen and oxygen atoms in total. The van der Waals surface area contributed by atoms with Crippen molar-refractivity contribution in [2.24, 2.45) is 0 Å². The number of hydrogen-bond acceptors (Lipinski definition) is 8. The highest BCUT2D eigenvalue weighted by Gasteiger charge is 2.40. The molecule has 2 aromatic heterocycles. The Morgan fingerprint density at radius 1 is 1.16 bits per heavy atom. The molecular formula is C26H34N6O5. The highest BCUT2D eigenvalue weighted by atomic mass is 16.5. The summed E-state index contributed by atoms with van der Waals surface area (Å²) in [7, 11) is 3.11. The average Bonchev–Trinajstić information content (AvgIpc) is 3.64. The Morgan fingerprint density at radius 2 is 1.89 bits per heavy atom. The summed E-state index contributed by atoms with van der Waals surface area (Å²) in [6, 6.07) is 7.74. The maximum Gasteiger partial charge on any atom is 0.251 e. The molecular weight excluding hydrogens is 476 g/mol. The highest BCUT2D eigenvalue weighted by Crippen LogP contribution is 2.33. The van der Waals surface area contributed by atoms with Crippen molar-refractivity contribution in [3.63, 3.8) is 0 Å². The third-order valence-electron chi connectivity index (χ3n) is 6.21. The molecule has 11 heteroatoms. The van der Waals surface area contributed by atoms with Gasteiger partial charge < -0.3 is 24.1 Å². The molecule has 0 unspecified atom stereocenters. The van der Waals surface area contributed by atoms with Crippen molar-refractivity contribution in [1.82, 2.24) is 30.4 Å². The lowest BCUT2D eigenvalue weighted by Crippen LogP contribution is -2.52. The lowest BCUT2D eigenvalue weighted by Gasteiger charge is -2.36. The molecule has 2 amide bonds. The van der Waals surface area contributed by atoms with Crippen molar-refractivity contribution >= 4 is 11.8 Å². The molecule has 0 bridgehead atoms. The molecule has 2 heterocycles. The Morgan fingerprint density at radius 3 is 2.51 bits per heavy atom. The van der Waals surface area contributed by atoms with Crippen LogP contribution in [0.2, 0.25) is 0 Å². The fourth-order valence-electron chi connectivity index (χ4n) is 4.62. The summed E-state index contributed by atoms with van der Waals surface area (Å²) in [6.07, 6.45) is 5.12. The number of benzene rings is 1. The summed E-state index contributed by atoms with van der Waals surface area (Å²) in [5, 5.41) is 15.6. The number of tetrazole rings is 1. The fourth-order valence-corrected chi connectivity index (χ4v) is 4.62. The van der Waals surface area contributed by atoms with Crippen LogP contribution in [0.4, 0.5) is 0 Å². The maximum atomic E-state index is 13.8. The van der Waals surface area contributed by atoms with E-state index in [1.165, 1.54) is 11.1 Å². The standard InChI is InChI=1S/C26H34N6O5/c1-26(2,3)27-25(34)23(20-11-8-14-37-20)32(18-9-6-7-10-18)22(33)16-31-29-24(28-30-31)17-12-13-19(35-4)21(15-17)36-5/h8,11-15,18,23H,6-7,9-10,16H2,1-5H3,(H,27,34)/t23-/m0/s1. The molecule has 1 atom stereocenters. The van der Waals surface area contributed by atoms with Crippen LogP contribution in [0.25, 0.3) is 11.4 Å². The first-order valence-electron chi connectivity index (χ1n) is 12.4. The van der Waals surface area contributed by atoms with E-state index in [2.05, 4.69) is 20.7 Å². The summed E-state index contributed by atoms with van der Waals surface area (Å²) < 4.78 is 16.3. The molecule has 1 N–H and O–H groups in total. The van der Waals surface area contributed by atoms with Crippen LogP contribution < -0.4 is 14.8 Å². The van der Waals surface area contributed by atoms with Crippen LogP contribution in [0.5, 0.6) is 11.5 Å². The number of carbonyl (C=O) groups excluding carboxylic acids is 2. The Bertz CT molecular complexity index is 1210. The van der Waals surface area contributed by atoms with E-state index in [0.29, 0.717) is 28.6 Å². The van der Waals surface area contributed by atoms with Crippen molar-refractivity contribution in [2.75, 3.05) is 14.2 Å². The average molecular weight is 511 g/mol. The zero-order chi connectivity index (χ0) is 26.6. The minimum Gasteiger partial charge on any atom is -0.493 e. The zero-order valence-electron chi connectivity index (χ0n) is 21.9. The predicted molar refractivity (Wildman–Crippen MR) is 135 cm³/mol. The number of nitrogens with one attached hydrogen (secondary N) is 1. The van der Waals surface area contributed by atoms with E-state index in [9.17, 15) is 9.59 Å². The summed E-state index contributed by atoms with van der Waals surface area (Å²) in [5.41, 5.74) is 0.190. The maximum absolute atomic E-state index is 13.8. The number of aromatic nitrogens is 4. The quantitative estimate of drug-likeness (QED) is 0.465. The number of furan rings is 1. The van der Waals surface area contributed by atoms with Gasteiger partial charge in [-0.25, -0.2) is 0 Å². The lowest BCUT2D eigenvalue weighted by atomic mass is 10.0. The number of amides is 2. The second-order valence-corrected chi connectivity index (χ2v) is 10.1. The van der Waals surface area contributed by atoms with E-state index in [0.717, 1.165) is 25.7 Å². The minimum absolute atomic E-state index is 0.0952. The summed E-state index contributed by atoms with van der Waals surface area (Å²) in [4.78, 5) is 30.1. The van der Waals surface area contributed by atoms with E-state index in [-0.39, 0.29) is 24.4 Å². The van der Waals surface area contributed by atoms with E-state index < -0.39 is 11.6 Å². The van der Waals surface area contributed by atoms with Gasteiger partial charge in [-0.2, -0.15) is 4.80 Å². The molecule has 0 spiro atoms. The SMILES string of the molecule is COc1ccc(-c2nnn(CC(=O)N(C3CCCC3)[C@H](C(=O)NC(C)(C)C)c3ccco3)n2)cc1OC. The van der Waals surface area contributed by atoms with Crippen LogP contribution in [0, 0.1) is 0 Å². The van der Waals surface area contributed by atoms with Crippen LogP contribution in [-0.4, -0.2) is 62.7 Å². The van der Waals surface area contributed by atoms with E-state index in [1.807, 2.05) is 20.8 Å². The number of carbonyl (C=O) groups is 2. The molecule has 198 valence electrons. The van der Waals surface area contributed by atoms with Crippen molar-refractivity contribution in [3.05, 3.63) is 42.4 Å². The van der Waals surface area contributed by atoms with E-state index in [4.69, 9.17) is 13.9 Å². The number of rotatable bonds is 9. The minimum atomic E-state index is -0.904. The molecule has 1 fully saturated rings.